The third-order valence-corrected chi connectivity index (χ3v) is 3.88. The number of nitroso groups, excluding NO2 is 1. The fourth-order valence-corrected chi connectivity index (χ4v) is 2.35. The minimum absolute atomic E-state index is 0.0128. The molecule has 0 amide bonds. The van der Waals surface area contributed by atoms with Crippen LogP contribution in [0.4, 0.5) is 17.5 Å². The molecule has 0 aliphatic heterocycles. The van der Waals surface area contributed by atoms with Gasteiger partial charge < -0.3 is 16.8 Å². The lowest BCUT2D eigenvalue weighted by molar-refractivity contribution is -0.132. The first kappa shape index (κ1) is 20.5. The first-order valence-electron chi connectivity index (χ1n) is 8.33. The summed E-state index contributed by atoms with van der Waals surface area (Å²) < 4.78 is 0. The molecule has 0 aliphatic rings. The van der Waals surface area contributed by atoms with Crippen molar-refractivity contribution < 1.29 is 9.59 Å². The van der Waals surface area contributed by atoms with Crippen molar-refractivity contribution in [2.75, 3.05) is 23.3 Å². The van der Waals surface area contributed by atoms with Gasteiger partial charge in [0.25, 0.3) is 5.56 Å². The van der Waals surface area contributed by atoms with Gasteiger partial charge in [0.05, 0.1) is 5.56 Å². The van der Waals surface area contributed by atoms with Crippen molar-refractivity contribution in [3.63, 3.8) is 0 Å². The molecule has 0 fully saturated rings. The number of Topliss-reactive ketones (excluding diaryl/α,β-unsaturated/α-hetero) is 1. The Morgan fingerprint density at radius 1 is 1.29 bits per heavy atom. The number of rotatable bonds is 9. The molecular formula is C18H20N6O4. The smallest absolute Gasteiger partial charge is 0.257 e. The molecule has 0 saturated carbocycles. The van der Waals surface area contributed by atoms with Crippen LogP contribution in [0.2, 0.25) is 0 Å². The van der Waals surface area contributed by atoms with Gasteiger partial charge in [-0.15, -0.1) is 0 Å². The van der Waals surface area contributed by atoms with Crippen LogP contribution in [0.15, 0.2) is 40.3 Å². The van der Waals surface area contributed by atoms with E-state index in [-0.39, 0.29) is 30.3 Å². The van der Waals surface area contributed by atoms with E-state index in [1.54, 1.807) is 24.3 Å². The molecule has 0 spiro atoms. The van der Waals surface area contributed by atoms with E-state index in [1.807, 2.05) is 0 Å². The first-order chi connectivity index (χ1) is 13.3. The van der Waals surface area contributed by atoms with Crippen LogP contribution in [-0.4, -0.2) is 34.1 Å². The first-order valence-corrected chi connectivity index (χ1v) is 8.33. The van der Waals surface area contributed by atoms with Crippen LogP contribution in [0.5, 0.6) is 0 Å². The lowest BCUT2D eigenvalue weighted by atomic mass is 10.1. The van der Waals surface area contributed by atoms with Gasteiger partial charge in [-0.1, -0.05) is 23.4 Å². The van der Waals surface area contributed by atoms with Crippen molar-refractivity contribution in [1.29, 1.82) is 0 Å². The number of aromatic amines is 1. The number of ketones is 2. The number of anilines is 3. The van der Waals surface area contributed by atoms with Gasteiger partial charge in [0.15, 0.2) is 5.78 Å². The van der Waals surface area contributed by atoms with Gasteiger partial charge in [-0.05, 0) is 23.8 Å². The number of nitrogens with one attached hydrogen (secondary N) is 2. The number of nitrogens with two attached hydrogens (primary N) is 2. The quantitative estimate of drug-likeness (QED) is 0.280. The molecule has 1 aromatic carbocycles. The summed E-state index contributed by atoms with van der Waals surface area (Å²) in [5.41, 5.74) is 12.2. The number of benzene rings is 1. The van der Waals surface area contributed by atoms with Gasteiger partial charge in [0, 0.05) is 25.6 Å². The summed E-state index contributed by atoms with van der Waals surface area (Å²) in [4.78, 5) is 51.3. The number of nitrogen functional groups attached to an aromatic ring is 2. The summed E-state index contributed by atoms with van der Waals surface area (Å²) in [6, 6.07) is 6.21. The Labute approximate surface area is 160 Å². The van der Waals surface area contributed by atoms with E-state index in [0.29, 0.717) is 5.69 Å². The third-order valence-electron chi connectivity index (χ3n) is 3.88. The molecule has 2 rings (SSSR count). The van der Waals surface area contributed by atoms with E-state index in [2.05, 4.69) is 20.5 Å². The van der Waals surface area contributed by atoms with Gasteiger partial charge in [-0.25, -0.2) is 0 Å². The summed E-state index contributed by atoms with van der Waals surface area (Å²) in [5, 5.41) is 6.06. The van der Waals surface area contributed by atoms with Crippen molar-refractivity contribution in [2.45, 2.75) is 19.4 Å². The minimum Gasteiger partial charge on any atom is -0.383 e. The normalized spacial score (nSPS) is 11.9. The van der Waals surface area contributed by atoms with Crippen molar-refractivity contribution in [2.24, 2.45) is 5.18 Å². The van der Waals surface area contributed by atoms with Crippen LogP contribution < -0.4 is 22.3 Å². The highest BCUT2D eigenvalue weighted by atomic mass is 16.3. The van der Waals surface area contributed by atoms with Crippen molar-refractivity contribution in [3.05, 3.63) is 56.7 Å². The Bertz CT molecular complexity index is 965. The predicted molar refractivity (Wildman–Crippen MR) is 107 cm³/mol. The van der Waals surface area contributed by atoms with Crippen molar-refractivity contribution in [3.8, 4) is 0 Å². The van der Waals surface area contributed by atoms with Crippen LogP contribution in [0.3, 0.4) is 0 Å². The van der Waals surface area contributed by atoms with Crippen LogP contribution in [0.25, 0.3) is 6.08 Å². The maximum absolute atomic E-state index is 11.9. The molecule has 28 heavy (non-hydrogen) atoms. The van der Waals surface area contributed by atoms with Crippen LogP contribution >= 0.6 is 0 Å². The molecule has 0 bridgehead atoms. The largest absolute Gasteiger partial charge is 0.383 e. The molecule has 10 heteroatoms. The van der Waals surface area contributed by atoms with Crippen molar-refractivity contribution >= 4 is 35.1 Å². The Balaban J connectivity index is 1.98. The van der Waals surface area contributed by atoms with E-state index in [1.165, 1.54) is 19.1 Å². The molecular weight excluding hydrogens is 364 g/mol. The molecule has 0 aliphatic carbocycles. The molecule has 0 saturated heterocycles. The highest BCUT2D eigenvalue weighted by Gasteiger charge is 2.16. The fraction of sp³-hybridized carbons (Fsp3) is 0.222. The maximum atomic E-state index is 11.9. The zero-order valence-electron chi connectivity index (χ0n) is 15.1. The average molecular weight is 384 g/mol. The van der Waals surface area contributed by atoms with Gasteiger partial charge in [-0.2, -0.15) is 9.89 Å². The van der Waals surface area contributed by atoms with Crippen LogP contribution in [0, 0.1) is 4.91 Å². The standard InChI is InChI=1S/C18H20N6O4/c1-10(25)15(26)7-4-11-2-5-12(6-3-11)21-9-13(24-28)8-14-16(19)22-18(20)23-17(14)27/h2-7,13,21H,8-9H2,1H3,(H5,19,20,22,23,27)/b7-4+. The molecule has 1 atom stereocenters. The summed E-state index contributed by atoms with van der Waals surface area (Å²) in [6.45, 7) is 1.38. The van der Waals surface area contributed by atoms with E-state index in [9.17, 15) is 19.3 Å². The Morgan fingerprint density at radius 2 is 1.96 bits per heavy atom. The number of carbonyl (C=O) groups is 2. The van der Waals surface area contributed by atoms with Gasteiger partial charge in [0.1, 0.15) is 11.9 Å². The topological polar surface area (TPSA) is 173 Å². The van der Waals surface area contributed by atoms with Crippen LogP contribution in [0.1, 0.15) is 18.1 Å². The monoisotopic (exact) mass is 384 g/mol. The molecule has 1 heterocycles. The van der Waals surface area contributed by atoms with E-state index >= 15 is 0 Å². The van der Waals surface area contributed by atoms with Gasteiger partial charge in [-0.3, -0.25) is 19.4 Å². The summed E-state index contributed by atoms with van der Waals surface area (Å²) in [5.74, 6) is -1.24. The van der Waals surface area contributed by atoms with Gasteiger partial charge >= 0.3 is 0 Å². The zero-order chi connectivity index (χ0) is 20.7. The number of hydrogen-bond donors (Lipinski definition) is 4. The molecule has 6 N–H and O–H groups in total. The number of nitrogens with zero attached hydrogens (tertiary/aromatic N) is 2. The number of hydrogen-bond acceptors (Lipinski definition) is 9. The highest BCUT2D eigenvalue weighted by Crippen LogP contribution is 2.13. The Morgan fingerprint density at radius 3 is 2.54 bits per heavy atom. The van der Waals surface area contributed by atoms with E-state index in [0.717, 1.165) is 5.56 Å². The lowest BCUT2D eigenvalue weighted by Gasteiger charge is -2.12. The summed E-state index contributed by atoms with van der Waals surface area (Å²) >= 11 is 0. The van der Waals surface area contributed by atoms with Crippen molar-refractivity contribution in [1.82, 2.24) is 9.97 Å². The number of allylic oxidation sites excluding steroid dienone is 1. The summed E-state index contributed by atoms with van der Waals surface area (Å²) in [6.07, 6.45) is 2.76. The number of aromatic nitrogens is 2. The highest BCUT2D eigenvalue weighted by molar-refractivity contribution is 6.41. The molecule has 0 radical (unpaired) electrons. The second kappa shape index (κ2) is 9.21. The summed E-state index contributed by atoms with van der Waals surface area (Å²) in [7, 11) is 0. The third kappa shape index (κ3) is 5.59. The molecule has 1 aromatic heterocycles. The molecule has 1 unspecified atom stereocenters. The average Bonchev–Trinajstić information content (AvgIpc) is 2.65. The predicted octanol–water partition coefficient (Wildman–Crippen LogP) is 0.895. The van der Waals surface area contributed by atoms with E-state index in [4.69, 9.17) is 11.5 Å². The second-order valence-corrected chi connectivity index (χ2v) is 6.03. The number of H-pyrrole nitrogens is 1. The lowest BCUT2D eigenvalue weighted by Crippen LogP contribution is -2.26. The maximum Gasteiger partial charge on any atom is 0.257 e. The minimum atomic E-state index is -0.749. The fourth-order valence-electron chi connectivity index (χ4n) is 2.35. The van der Waals surface area contributed by atoms with Crippen LogP contribution in [-0.2, 0) is 16.0 Å². The molecule has 146 valence electrons. The number of carbonyl (C=O) groups excluding carboxylic acids is 2. The van der Waals surface area contributed by atoms with E-state index < -0.39 is 23.2 Å². The molecule has 2 aromatic rings. The second-order valence-electron chi connectivity index (χ2n) is 6.03. The SMILES string of the molecule is CC(=O)C(=O)/C=C/c1ccc(NCC(Cc2c(N)nc(N)[nH]c2=O)N=O)cc1. The molecule has 10 nitrogen and oxygen atoms in total. The Kier molecular flexibility index (Phi) is 6.74. The Hall–Kier alpha value is -3.82. The zero-order valence-corrected chi connectivity index (χ0v) is 15.1. The van der Waals surface area contributed by atoms with Gasteiger partial charge in [0.2, 0.25) is 11.7 Å².